The quantitative estimate of drug-likeness (QED) is 0.0586. The number of carbonyl (C=O) groups is 1. The van der Waals surface area contributed by atoms with E-state index in [0.29, 0.717) is 11.9 Å². The number of aldehydes is 1. The first-order chi connectivity index (χ1) is 29.2. The lowest BCUT2D eigenvalue weighted by Gasteiger charge is -2.46. The second-order valence-corrected chi connectivity index (χ2v) is 16.3. The van der Waals surface area contributed by atoms with Crippen LogP contribution in [0.1, 0.15) is 19.8 Å². The second-order valence-electron chi connectivity index (χ2n) is 16.3. The fourth-order valence-corrected chi connectivity index (χ4v) is 9.23. The van der Waals surface area contributed by atoms with E-state index in [1.165, 1.54) is 43.6 Å². The highest BCUT2D eigenvalue weighted by atomic mass is 16.8. The van der Waals surface area contributed by atoms with Gasteiger partial charge >= 0.3 is 0 Å². The monoisotopic (exact) mass is 872 g/mol. The van der Waals surface area contributed by atoms with Crippen LogP contribution in [0.2, 0.25) is 0 Å². The second kappa shape index (κ2) is 18.0. The third-order valence-corrected chi connectivity index (χ3v) is 12.5. The highest BCUT2D eigenvalue weighted by Crippen LogP contribution is 2.52. The van der Waals surface area contributed by atoms with E-state index in [1.54, 1.807) is 6.08 Å². The lowest BCUT2D eigenvalue weighted by Crippen LogP contribution is -2.63. The molecule has 8 aliphatic rings. The van der Waals surface area contributed by atoms with Gasteiger partial charge in [-0.3, -0.25) is 4.79 Å². The molecule has 10 N–H and O–H groups in total. The van der Waals surface area contributed by atoms with Crippen molar-refractivity contribution in [2.24, 2.45) is 17.8 Å². The predicted molar refractivity (Wildman–Crippen MR) is 194 cm³/mol. The zero-order valence-corrected chi connectivity index (χ0v) is 32.6. The number of rotatable bonds is 14. The summed E-state index contributed by atoms with van der Waals surface area (Å²) in [5.41, 5.74) is -2.94. The molecule has 0 spiro atoms. The summed E-state index contributed by atoms with van der Waals surface area (Å²) >= 11 is 0. The van der Waals surface area contributed by atoms with Crippen molar-refractivity contribution in [1.29, 1.82) is 0 Å². The molecule has 0 bridgehead atoms. The summed E-state index contributed by atoms with van der Waals surface area (Å²) in [6.45, 7) is -0.277. The fourth-order valence-electron chi connectivity index (χ4n) is 9.23. The van der Waals surface area contributed by atoms with Crippen LogP contribution < -0.4 is 0 Å². The smallest absolute Gasteiger partial charge is 0.210 e. The van der Waals surface area contributed by atoms with E-state index in [0.717, 1.165) is 6.26 Å². The van der Waals surface area contributed by atoms with Gasteiger partial charge in [0.05, 0.1) is 61.5 Å². The van der Waals surface area contributed by atoms with Crippen molar-refractivity contribution in [3.8, 4) is 0 Å². The number of hydrogen-bond acceptors (Lipinski definition) is 22. The maximum Gasteiger partial charge on any atom is 0.210 e. The summed E-state index contributed by atoms with van der Waals surface area (Å²) in [5, 5.41) is 107. The Bertz CT molecular complexity index is 1710. The number of aliphatic hydroxyl groups excluding tert-OH is 8. The highest BCUT2D eigenvalue weighted by molar-refractivity contribution is 5.76. The van der Waals surface area contributed by atoms with Crippen LogP contribution in [0.25, 0.3) is 0 Å². The molecule has 0 amide bonds. The molecule has 6 aliphatic heterocycles. The Morgan fingerprint density at radius 1 is 0.672 bits per heavy atom. The van der Waals surface area contributed by atoms with Gasteiger partial charge in [0.1, 0.15) is 54.4 Å². The molecule has 61 heavy (non-hydrogen) atoms. The van der Waals surface area contributed by atoms with Gasteiger partial charge in [0, 0.05) is 5.92 Å². The summed E-state index contributed by atoms with van der Waals surface area (Å²) in [5.74, 6) is -2.22. The van der Waals surface area contributed by atoms with Crippen LogP contribution >= 0.6 is 0 Å². The fraction of sp³-hybridized carbons (Fsp3) is 0.718. The first-order valence-corrected chi connectivity index (χ1v) is 20.0. The van der Waals surface area contributed by atoms with Crippen LogP contribution in [0.3, 0.4) is 0 Å². The molecule has 6 unspecified atom stereocenters. The normalized spacial score (nSPS) is 50.1. The number of aliphatic hydroxyl groups is 10. The van der Waals surface area contributed by atoms with Crippen molar-refractivity contribution in [2.45, 2.75) is 136 Å². The maximum atomic E-state index is 11.6. The minimum Gasteiger partial charge on any atom is -0.472 e. The Kier molecular flexibility index (Phi) is 13.2. The number of hydrogen-bond donors (Lipinski definition) is 10. The molecule has 340 valence electrons. The number of carbonyl (C=O) groups excluding carboxylic acids is 1. The van der Waals surface area contributed by atoms with Crippen LogP contribution in [0.15, 0.2) is 60.1 Å². The Morgan fingerprint density at radius 2 is 1.21 bits per heavy atom. The van der Waals surface area contributed by atoms with Gasteiger partial charge in [-0.05, 0) is 55.7 Å². The molecule has 1 saturated carbocycles. The lowest BCUT2D eigenvalue weighted by molar-refractivity contribution is -0.365. The molecule has 22 atom stereocenters. The third kappa shape index (κ3) is 8.50. The van der Waals surface area contributed by atoms with Gasteiger partial charge in [-0.2, -0.15) is 0 Å². The molecular formula is C39H52O22. The standard InChI is InChI=1S/C39H52O22/c1-38(49)7-8-39(50)17(12-41)15-52-37(33(38)39)61-36-30(48)28(46)32(21(14-43)54-36)59-25-5-3-23(57-25)55-22-2-4-24(56-22)58-31-20(13-42)53-35(29(47)27(31)45)60-34-26-16(11-40)10-19(44)18(26)6-9-51-34/h2-6,9-10,12,15,18-37,40,42-50H,7-8,11,13-14H2,1H3/t18-,19?,20+,21+,22?,23?,24?,25?,26+,27+,28+,29+,30+,31+,32+,33?,34+,35-,36-,37-,38-,39-/m0/s1. The van der Waals surface area contributed by atoms with E-state index in [4.69, 9.17) is 52.1 Å². The Balaban J connectivity index is 0.808. The van der Waals surface area contributed by atoms with Crippen molar-refractivity contribution in [3.05, 3.63) is 60.1 Å². The zero-order valence-electron chi connectivity index (χ0n) is 32.6. The van der Waals surface area contributed by atoms with Gasteiger partial charge in [0.2, 0.25) is 12.6 Å². The van der Waals surface area contributed by atoms with Gasteiger partial charge in [-0.15, -0.1) is 0 Å². The number of fused-ring (bicyclic) bond motifs is 2. The molecule has 6 heterocycles. The highest BCUT2D eigenvalue weighted by Gasteiger charge is 2.63. The van der Waals surface area contributed by atoms with E-state index in [9.17, 15) is 55.9 Å². The maximum absolute atomic E-state index is 11.6. The molecule has 0 aromatic heterocycles. The van der Waals surface area contributed by atoms with E-state index < -0.39 is 147 Å². The molecule has 22 nitrogen and oxygen atoms in total. The van der Waals surface area contributed by atoms with Crippen molar-refractivity contribution >= 4 is 6.29 Å². The Hall–Kier alpha value is -2.79. The summed E-state index contributed by atoms with van der Waals surface area (Å²) in [7, 11) is 0. The lowest BCUT2D eigenvalue weighted by atomic mass is 9.78. The molecular weight excluding hydrogens is 820 g/mol. The minimum atomic E-state index is -1.78. The summed E-state index contributed by atoms with van der Waals surface area (Å²) < 4.78 is 63.4. The molecule has 2 aliphatic carbocycles. The van der Waals surface area contributed by atoms with Gasteiger partial charge in [0.15, 0.2) is 44.0 Å². The van der Waals surface area contributed by atoms with Crippen molar-refractivity contribution in [3.63, 3.8) is 0 Å². The van der Waals surface area contributed by atoms with Gasteiger partial charge in [-0.1, -0.05) is 6.08 Å². The molecule has 8 rings (SSSR count). The summed E-state index contributed by atoms with van der Waals surface area (Å²) in [4.78, 5) is 11.6. The predicted octanol–water partition coefficient (Wildman–Crippen LogP) is -4.11. The van der Waals surface area contributed by atoms with E-state index in [-0.39, 0.29) is 25.0 Å². The van der Waals surface area contributed by atoms with Crippen molar-refractivity contribution < 1.29 is 108 Å². The van der Waals surface area contributed by atoms with E-state index >= 15 is 0 Å². The molecule has 2 saturated heterocycles. The summed E-state index contributed by atoms with van der Waals surface area (Å²) in [6.07, 6.45) is -11.2. The number of ether oxygens (including phenoxy) is 11. The van der Waals surface area contributed by atoms with Crippen LogP contribution in [0, 0.1) is 17.8 Å². The Morgan fingerprint density at radius 3 is 1.74 bits per heavy atom. The summed E-state index contributed by atoms with van der Waals surface area (Å²) in [6, 6.07) is 0. The van der Waals surface area contributed by atoms with Gasteiger partial charge in [0.25, 0.3) is 0 Å². The molecule has 0 aromatic carbocycles. The Labute approximate surface area is 347 Å². The molecule has 22 heteroatoms. The van der Waals surface area contributed by atoms with Crippen LogP contribution in [0.4, 0.5) is 0 Å². The third-order valence-electron chi connectivity index (χ3n) is 12.5. The van der Waals surface area contributed by atoms with Crippen LogP contribution in [-0.2, 0) is 56.9 Å². The topological polar surface area (TPSA) is 321 Å². The SMILES string of the molecule is C[C@]1(O)CC[C@]2(O)C(C=O)=CO[C@@H](O[C@@H]3O[C@H](CO)[C@@H](OC4C=CC(OC5C=CC(O[C@H]6[C@H](O)[C@@H](O)[C@H](O[C@H]7OC=C[C@H]8C(O)C=C(CO)[C@@H]78)O[C@@H]6CO)O5)O4)[C@H](O)[C@H]3O)C12. The largest absolute Gasteiger partial charge is 0.472 e. The average molecular weight is 873 g/mol. The zero-order chi connectivity index (χ0) is 43.4. The van der Waals surface area contributed by atoms with E-state index in [2.05, 4.69) is 0 Å². The van der Waals surface area contributed by atoms with Crippen molar-refractivity contribution in [1.82, 2.24) is 0 Å². The van der Waals surface area contributed by atoms with E-state index in [1.807, 2.05) is 0 Å². The van der Waals surface area contributed by atoms with Gasteiger partial charge < -0.3 is 103 Å². The molecule has 0 aromatic rings. The molecule has 0 radical (unpaired) electrons. The van der Waals surface area contributed by atoms with Gasteiger partial charge in [-0.25, -0.2) is 0 Å². The van der Waals surface area contributed by atoms with Crippen LogP contribution in [0.5, 0.6) is 0 Å². The first-order valence-electron chi connectivity index (χ1n) is 20.0. The molecule has 3 fully saturated rings. The minimum absolute atomic E-state index is 0.0337. The van der Waals surface area contributed by atoms with Crippen molar-refractivity contribution in [2.75, 3.05) is 19.8 Å². The first kappa shape index (κ1) is 44.8. The van der Waals surface area contributed by atoms with Crippen LogP contribution in [-0.4, -0.2) is 194 Å². The average Bonchev–Trinajstić information content (AvgIpc) is 4.03.